The molecule has 0 saturated carbocycles. The van der Waals surface area contributed by atoms with Gasteiger partial charge in [-0.05, 0) is 57.0 Å². The van der Waals surface area contributed by atoms with Crippen molar-refractivity contribution in [3.05, 3.63) is 23.9 Å². The lowest BCUT2D eigenvalue weighted by Crippen LogP contribution is -2.53. The highest BCUT2D eigenvalue weighted by molar-refractivity contribution is 5.32. The van der Waals surface area contributed by atoms with Gasteiger partial charge in [0, 0.05) is 18.2 Å². The van der Waals surface area contributed by atoms with Crippen molar-refractivity contribution in [1.29, 1.82) is 0 Å². The number of hydrogen-bond donors (Lipinski definition) is 2. The number of anilines is 1. The molecule has 2 rings (SSSR count). The number of nitrogens with two attached hydrogens (primary N) is 1. The Morgan fingerprint density at radius 2 is 2.16 bits per heavy atom. The van der Waals surface area contributed by atoms with E-state index >= 15 is 0 Å². The van der Waals surface area contributed by atoms with E-state index in [1.165, 1.54) is 12.8 Å². The molecule has 1 aliphatic rings. The Hall–Kier alpha value is -1.13. The van der Waals surface area contributed by atoms with Crippen molar-refractivity contribution in [3.8, 4) is 0 Å². The van der Waals surface area contributed by atoms with Gasteiger partial charge < -0.3 is 10.8 Å². The van der Waals surface area contributed by atoms with Crippen molar-refractivity contribution < 1.29 is 5.11 Å². The van der Waals surface area contributed by atoms with Crippen LogP contribution in [0.2, 0.25) is 0 Å². The molecule has 4 heteroatoms. The maximum Gasteiger partial charge on any atom is 0.123 e. The highest BCUT2D eigenvalue weighted by atomic mass is 16.3. The van der Waals surface area contributed by atoms with Crippen LogP contribution >= 0.6 is 0 Å². The van der Waals surface area contributed by atoms with E-state index in [1.807, 2.05) is 12.1 Å². The normalized spacial score (nSPS) is 21.2. The van der Waals surface area contributed by atoms with Gasteiger partial charge in [-0.1, -0.05) is 6.92 Å². The Morgan fingerprint density at radius 1 is 1.47 bits per heavy atom. The summed E-state index contributed by atoms with van der Waals surface area (Å²) in [5, 5.41) is 10.7. The Balaban J connectivity index is 2.09. The lowest BCUT2D eigenvalue weighted by molar-refractivity contribution is -0.0117. The van der Waals surface area contributed by atoms with E-state index in [4.69, 9.17) is 5.73 Å². The summed E-state index contributed by atoms with van der Waals surface area (Å²) in [6, 6.07) is 3.78. The number of pyridine rings is 1. The lowest BCUT2D eigenvalue weighted by atomic mass is 9.86. The molecule has 1 aromatic rings. The van der Waals surface area contributed by atoms with Crippen LogP contribution in [0.25, 0.3) is 0 Å². The molecule has 1 fully saturated rings. The summed E-state index contributed by atoms with van der Waals surface area (Å²) in [6.07, 6.45) is 5.39. The number of hydrogen-bond acceptors (Lipinski definition) is 4. The van der Waals surface area contributed by atoms with Crippen LogP contribution in [0.4, 0.5) is 5.82 Å². The van der Waals surface area contributed by atoms with E-state index in [1.54, 1.807) is 6.20 Å². The van der Waals surface area contributed by atoms with E-state index in [0.29, 0.717) is 12.2 Å². The Morgan fingerprint density at radius 3 is 2.74 bits per heavy atom. The molecule has 1 aromatic heterocycles. The summed E-state index contributed by atoms with van der Waals surface area (Å²) in [5.41, 5.74) is 6.61. The number of aliphatic hydroxyl groups is 1. The molecule has 2 heterocycles. The van der Waals surface area contributed by atoms with Gasteiger partial charge in [0.15, 0.2) is 0 Å². The van der Waals surface area contributed by atoms with Gasteiger partial charge in [0.1, 0.15) is 5.82 Å². The van der Waals surface area contributed by atoms with Gasteiger partial charge in [0.05, 0.1) is 6.10 Å². The van der Waals surface area contributed by atoms with Crippen molar-refractivity contribution in [2.45, 2.75) is 51.2 Å². The zero-order chi connectivity index (χ0) is 13.9. The molecule has 1 saturated heterocycles. The zero-order valence-electron chi connectivity index (χ0n) is 12.0. The zero-order valence-corrected chi connectivity index (χ0v) is 12.0. The van der Waals surface area contributed by atoms with Crippen LogP contribution in [-0.4, -0.2) is 39.7 Å². The molecule has 1 aliphatic heterocycles. The van der Waals surface area contributed by atoms with Crippen LogP contribution in [0.3, 0.4) is 0 Å². The Labute approximate surface area is 115 Å². The molecule has 3 N–H and O–H groups in total. The number of likely N-dealkylation sites (tertiary alicyclic amines) is 1. The molecule has 0 aliphatic carbocycles. The minimum Gasteiger partial charge on any atom is -0.391 e. The average molecular weight is 263 g/mol. The summed E-state index contributed by atoms with van der Waals surface area (Å²) in [5.74, 6) is 0.518. The van der Waals surface area contributed by atoms with E-state index in [0.717, 1.165) is 25.1 Å². The fourth-order valence-electron chi connectivity index (χ4n) is 2.96. The monoisotopic (exact) mass is 263 g/mol. The van der Waals surface area contributed by atoms with Crippen LogP contribution in [0.5, 0.6) is 0 Å². The summed E-state index contributed by atoms with van der Waals surface area (Å²) in [6.45, 7) is 6.52. The number of rotatable bonds is 5. The minimum atomic E-state index is -0.377. The van der Waals surface area contributed by atoms with Gasteiger partial charge in [0.2, 0.25) is 0 Å². The van der Waals surface area contributed by atoms with E-state index in [9.17, 15) is 5.11 Å². The third-order valence-corrected chi connectivity index (χ3v) is 4.54. The Kier molecular flexibility index (Phi) is 4.42. The van der Waals surface area contributed by atoms with Gasteiger partial charge >= 0.3 is 0 Å². The highest BCUT2D eigenvalue weighted by Gasteiger charge is 2.38. The second kappa shape index (κ2) is 5.88. The van der Waals surface area contributed by atoms with Crippen LogP contribution < -0.4 is 5.73 Å². The third kappa shape index (κ3) is 3.07. The first-order valence-electron chi connectivity index (χ1n) is 7.20. The van der Waals surface area contributed by atoms with Crippen LogP contribution in [0, 0.1) is 0 Å². The average Bonchev–Trinajstić information content (AvgIpc) is 2.92. The number of nitrogen functional groups attached to an aromatic ring is 1. The standard InChI is InChI=1S/C15H25N3O/c1-3-15(2,18-8-4-5-9-18)13(19)10-12-6-7-17-14(16)11-12/h6-7,11,13,19H,3-5,8-10H2,1-2H3,(H2,16,17). The molecular weight excluding hydrogens is 238 g/mol. The first-order valence-corrected chi connectivity index (χ1v) is 7.20. The third-order valence-electron chi connectivity index (χ3n) is 4.54. The first-order chi connectivity index (χ1) is 9.06. The maximum absolute atomic E-state index is 10.7. The molecule has 19 heavy (non-hydrogen) atoms. The quantitative estimate of drug-likeness (QED) is 0.851. The van der Waals surface area contributed by atoms with Crippen molar-refractivity contribution in [2.24, 2.45) is 0 Å². The first kappa shape index (κ1) is 14.3. The number of nitrogens with zero attached hydrogens (tertiary/aromatic N) is 2. The van der Waals surface area contributed by atoms with Crippen LogP contribution in [0.1, 0.15) is 38.7 Å². The summed E-state index contributed by atoms with van der Waals surface area (Å²) < 4.78 is 0. The van der Waals surface area contributed by atoms with Gasteiger partial charge in [-0.25, -0.2) is 4.98 Å². The van der Waals surface area contributed by atoms with Crippen LogP contribution in [0.15, 0.2) is 18.3 Å². The molecular formula is C15H25N3O. The maximum atomic E-state index is 10.7. The summed E-state index contributed by atoms with van der Waals surface area (Å²) in [4.78, 5) is 6.43. The summed E-state index contributed by atoms with van der Waals surface area (Å²) >= 11 is 0. The SMILES string of the molecule is CCC(C)(C(O)Cc1ccnc(N)c1)N1CCCC1. The second-order valence-corrected chi connectivity index (χ2v) is 5.71. The molecule has 106 valence electrons. The van der Waals surface area contributed by atoms with E-state index in [2.05, 4.69) is 23.7 Å². The van der Waals surface area contributed by atoms with Crippen LogP contribution in [-0.2, 0) is 6.42 Å². The fraction of sp³-hybridized carbons (Fsp3) is 0.667. The van der Waals surface area contributed by atoms with Gasteiger partial charge in [-0.2, -0.15) is 0 Å². The molecule has 4 nitrogen and oxygen atoms in total. The number of aromatic nitrogens is 1. The van der Waals surface area contributed by atoms with Crippen molar-refractivity contribution in [2.75, 3.05) is 18.8 Å². The van der Waals surface area contributed by atoms with E-state index < -0.39 is 0 Å². The highest BCUT2D eigenvalue weighted by Crippen LogP contribution is 2.29. The fourth-order valence-corrected chi connectivity index (χ4v) is 2.96. The molecule has 2 unspecified atom stereocenters. The smallest absolute Gasteiger partial charge is 0.123 e. The summed E-state index contributed by atoms with van der Waals surface area (Å²) in [7, 11) is 0. The minimum absolute atomic E-state index is 0.144. The molecule has 0 bridgehead atoms. The van der Waals surface area contributed by atoms with Crippen molar-refractivity contribution >= 4 is 5.82 Å². The van der Waals surface area contributed by atoms with Crippen molar-refractivity contribution in [3.63, 3.8) is 0 Å². The lowest BCUT2D eigenvalue weighted by Gasteiger charge is -2.42. The molecule has 0 radical (unpaired) electrons. The van der Waals surface area contributed by atoms with Gasteiger partial charge in [-0.15, -0.1) is 0 Å². The van der Waals surface area contributed by atoms with E-state index in [-0.39, 0.29) is 11.6 Å². The number of aliphatic hydroxyl groups excluding tert-OH is 1. The Bertz CT molecular complexity index is 418. The largest absolute Gasteiger partial charge is 0.391 e. The molecule has 2 atom stereocenters. The second-order valence-electron chi connectivity index (χ2n) is 5.71. The van der Waals surface area contributed by atoms with Gasteiger partial charge in [-0.3, -0.25) is 4.90 Å². The van der Waals surface area contributed by atoms with Crippen molar-refractivity contribution in [1.82, 2.24) is 9.88 Å². The predicted octanol–water partition coefficient (Wildman–Crippen LogP) is 1.83. The molecule has 0 aromatic carbocycles. The molecule has 0 spiro atoms. The predicted molar refractivity (Wildman–Crippen MR) is 77.9 cm³/mol. The molecule has 0 amide bonds. The van der Waals surface area contributed by atoms with Gasteiger partial charge in [0.25, 0.3) is 0 Å². The topological polar surface area (TPSA) is 62.4 Å².